The number of amides is 1. The number of aliphatic hydroxyl groups excluding tert-OH is 2. The van der Waals surface area contributed by atoms with E-state index in [-0.39, 0.29) is 23.7 Å². The summed E-state index contributed by atoms with van der Waals surface area (Å²) < 4.78 is 55.2. The molecule has 1 aromatic carbocycles. The fraction of sp³-hybridized carbons (Fsp3) is 0.389. The van der Waals surface area contributed by atoms with Gasteiger partial charge in [-0.25, -0.2) is 21.5 Å². The summed E-state index contributed by atoms with van der Waals surface area (Å²) in [5.41, 5.74) is -0.163. The van der Waals surface area contributed by atoms with Gasteiger partial charge in [0.1, 0.15) is 17.9 Å². The second-order valence-electron chi connectivity index (χ2n) is 6.73. The summed E-state index contributed by atoms with van der Waals surface area (Å²) in [7, 11) is -2.48. The number of anilines is 1. The molecule has 3 unspecified atom stereocenters. The van der Waals surface area contributed by atoms with Gasteiger partial charge in [-0.3, -0.25) is 4.79 Å². The molecule has 2 rings (SSSR count). The van der Waals surface area contributed by atoms with E-state index in [0.717, 1.165) is 29.0 Å². The molecule has 0 fully saturated rings. The minimum Gasteiger partial charge on any atom is -0.430 e. The van der Waals surface area contributed by atoms with Gasteiger partial charge in [0.15, 0.2) is 5.69 Å². The molecule has 1 amide bonds. The number of nitrogens with one attached hydrogen (secondary N) is 1. The average Bonchev–Trinajstić information content (AvgIpc) is 3.17. The zero-order valence-electron chi connectivity index (χ0n) is 16.5. The van der Waals surface area contributed by atoms with E-state index in [2.05, 4.69) is 10.3 Å². The first-order valence-electron chi connectivity index (χ1n) is 8.80. The Bertz CT molecular complexity index is 1060. The van der Waals surface area contributed by atoms with E-state index in [9.17, 15) is 37.5 Å². The SMILES string of the molecule is CN(c1nc(C(=O)NCC(O)C(O)C(C#N)Cc2cc(F)cc(F)c2)co1)S(C)(=O)=O. The van der Waals surface area contributed by atoms with E-state index in [1.165, 1.54) is 7.05 Å². The van der Waals surface area contributed by atoms with Gasteiger partial charge in [0, 0.05) is 19.7 Å². The third-order valence-electron chi connectivity index (χ3n) is 4.31. The maximum Gasteiger partial charge on any atom is 0.311 e. The molecule has 13 heteroatoms. The van der Waals surface area contributed by atoms with E-state index in [0.29, 0.717) is 6.07 Å². The Morgan fingerprint density at radius 2 is 1.94 bits per heavy atom. The number of benzene rings is 1. The molecule has 0 spiro atoms. The summed E-state index contributed by atoms with van der Waals surface area (Å²) in [4.78, 5) is 15.8. The van der Waals surface area contributed by atoms with Crippen molar-refractivity contribution in [1.29, 1.82) is 5.26 Å². The number of rotatable bonds is 9. The minimum absolute atomic E-state index is 0.115. The quantitative estimate of drug-likeness (QED) is 0.480. The molecule has 31 heavy (non-hydrogen) atoms. The number of aliphatic hydroxyl groups is 2. The predicted molar refractivity (Wildman–Crippen MR) is 103 cm³/mol. The maximum absolute atomic E-state index is 13.3. The molecule has 3 atom stereocenters. The van der Waals surface area contributed by atoms with Crippen LogP contribution in [0.25, 0.3) is 0 Å². The number of carbonyl (C=O) groups excluding carboxylic acids is 1. The molecule has 0 saturated heterocycles. The van der Waals surface area contributed by atoms with Crippen molar-refractivity contribution in [3.63, 3.8) is 0 Å². The van der Waals surface area contributed by atoms with Gasteiger partial charge >= 0.3 is 6.01 Å². The highest BCUT2D eigenvalue weighted by Crippen LogP contribution is 2.18. The highest BCUT2D eigenvalue weighted by Gasteiger charge is 2.28. The Hall–Kier alpha value is -3.08. The van der Waals surface area contributed by atoms with Gasteiger partial charge < -0.3 is 19.9 Å². The molecule has 0 radical (unpaired) electrons. The first-order chi connectivity index (χ1) is 14.4. The number of nitrogens with zero attached hydrogens (tertiary/aromatic N) is 3. The first-order valence-corrected chi connectivity index (χ1v) is 10.7. The molecule has 2 aromatic rings. The summed E-state index contributed by atoms with van der Waals surface area (Å²) in [6.45, 7) is -0.486. The minimum atomic E-state index is -3.65. The van der Waals surface area contributed by atoms with E-state index in [4.69, 9.17) is 4.42 Å². The zero-order valence-corrected chi connectivity index (χ0v) is 17.3. The van der Waals surface area contributed by atoms with E-state index >= 15 is 0 Å². The van der Waals surface area contributed by atoms with Crippen LogP contribution in [0.3, 0.4) is 0 Å². The first kappa shape index (κ1) is 24.2. The van der Waals surface area contributed by atoms with Crippen LogP contribution >= 0.6 is 0 Å². The van der Waals surface area contributed by atoms with Crippen molar-refractivity contribution in [3.05, 3.63) is 47.4 Å². The van der Waals surface area contributed by atoms with E-state index in [1.807, 2.05) is 0 Å². The maximum atomic E-state index is 13.3. The molecule has 1 aromatic heterocycles. The number of carbonyl (C=O) groups is 1. The van der Waals surface area contributed by atoms with Gasteiger partial charge in [-0.05, 0) is 24.1 Å². The van der Waals surface area contributed by atoms with Gasteiger partial charge in [0.05, 0.1) is 30.5 Å². The Kier molecular flexibility index (Phi) is 7.66. The van der Waals surface area contributed by atoms with Gasteiger partial charge in [-0.1, -0.05) is 0 Å². The van der Waals surface area contributed by atoms with Crippen LogP contribution in [-0.4, -0.2) is 61.6 Å². The lowest BCUT2D eigenvalue weighted by atomic mass is 9.92. The Balaban J connectivity index is 1.97. The van der Waals surface area contributed by atoms with E-state index in [1.54, 1.807) is 6.07 Å². The molecule has 1 heterocycles. The molecule has 0 aliphatic rings. The summed E-state index contributed by atoms with van der Waals surface area (Å²) in [6.07, 6.45) is -1.63. The number of halogens is 2. The van der Waals surface area contributed by atoms with Crippen LogP contribution in [0.2, 0.25) is 0 Å². The fourth-order valence-electron chi connectivity index (χ4n) is 2.56. The standard InChI is InChI=1S/C18H20F2N4O6S/c1-24(31(2,28)29)18-23-14(9-30-18)17(27)22-8-15(25)16(26)11(7-21)3-10-4-12(19)6-13(20)5-10/h4-6,9,11,15-16,25-26H,3,8H2,1-2H3,(H,22,27). The average molecular weight is 458 g/mol. The van der Waals surface area contributed by atoms with Crippen LogP contribution in [-0.2, 0) is 16.4 Å². The molecular weight excluding hydrogens is 438 g/mol. The second-order valence-corrected chi connectivity index (χ2v) is 8.74. The number of hydrogen-bond donors (Lipinski definition) is 3. The van der Waals surface area contributed by atoms with E-state index < -0.39 is 52.2 Å². The number of aromatic nitrogens is 1. The third kappa shape index (κ3) is 6.45. The highest BCUT2D eigenvalue weighted by atomic mass is 32.2. The van der Waals surface area contributed by atoms with Gasteiger partial charge in [0.2, 0.25) is 10.0 Å². The van der Waals surface area contributed by atoms with Crippen molar-refractivity contribution in [1.82, 2.24) is 10.3 Å². The van der Waals surface area contributed by atoms with Gasteiger partial charge in [-0.15, -0.1) is 0 Å². The highest BCUT2D eigenvalue weighted by molar-refractivity contribution is 7.92. The summed E-state index contributed by atoms with van der Waals surface area (Å²) >= 11 is 0. The van der Waals surface area contributed by atoms with Crippen molar-refractivity contribution in [2.45, 2.75) is 18.6 Å². The fourth-order valence-corrected chi connectivity index (χ4v) is 2.92. The van der Waals surface area contributed by atoms with Crippen LogP contribution in [0.15, 0.2) is 28.9 Å². The molecule has 0 saturated carbocycles. The lowest BCUT2D eigenvalue weighted by molar-refractivity contribution is -0.00206. The Morgan fingerprint density at radius 3 is 2.48 bits per heavy atom. The third-order valence-corrected chi connectivity index (χ3v) is 5.46. The topological polar surface area (TPSA) is 157 Å². The second kappa shape index (κ2) is 9.82. The smallest absolute Gasteiger partial charge is 0.311 e. The van der Waals surface area contributed by atoms with Crippen LogP contribution in [0.5, 0.6) is 0 Å². The molecule has 3 N–H and O–H groups in total. The number of nitriles is 1. The zero-order chi connectivity index (χ0) is 23.3. The van der Waals surface area contributed by atoms with Gasteiger partial charge in [0.25, 0.3) is 5.91 Å². The van der Waals surface area contributed by atoms with Crippen LogP contribution in [0.4, 0.5) is 14.8 Å². The van der Waals surface area contributed by atoms with Crippen molar-refractivity contribution >= 4 is 21.9 Å². The lowest BCUT2D eigenvalue weighted by Crippen LogP contribution is -2.42. The number of oxazole rings is 1. The number of hydrogen-bond acceptors (Lipinski definition) is 8. The van der Waals surface area contributed by atoms with Crippen LogP contribution in [0, 0.1) is 28.9 Å². The molecule has 168 valence electrons. The molecule has 0 aliphatic carbocycles. The summed E-state index contributed by atoms with van der Waals surface area (Å²) in [5, 5.41) is 31.8. The lowest BCUT2D eigenvalue weighted by Gasteiger charge is -2.22. The van der Waals surface area contributed by atoms with Crippen molar-refractivity contribution < 1.29 is 36.6 Å². The molecule has 0 bridgehead atoms. The molecule has 0 aliphatic heterocycles. The summed E-state index contributed by atoms with van der Waals surface area (Å²) in [5.74, 6) is -3.73. The number of sulfonamides is 1. The largest absolute Gasteiger partial charge is 0.430 e. The Labute approximate surface area is 176 Å². The van der Waals surface area contributed by atoms with Gasteiger partial charge in [-0.2, -0.15) is 10.2 Å². The molecular formula is C18H20F2N4O6S. The summed E-state index contributed by atoms with van der Waals surface area (Å²) in [6, 6.07) is 4.08. The van der Waals surface area contributed by atoms with Crippen molar-refractivity contribution in [3.8, 4) is 6.07 Å². The predicted octanol–water partition coefficient (Wildman–Crippen LogP) is 0.183. The normalized spacial score (nSPS) is 14.4. The molecule has 10 nitrogen and oxygen atoms in total. The van der Waals surface area contributed by atoms with Crippen LogP contribution < -0.4 is 9.62 Å². The van der Waals surface area contributed by atoms with Crippen LogP contribution in [0.1, 0.15) is 16.1 Å². The Morgan fingerprint density at radius 1 is 1.32 bits per heavy atom. The van der Waals surface area contributed by atoms with Crippen molar-refractivity contribution in [2.75, 3.05) is 24.2 Å². The van der Waals surface area contributed by atoms with Crippen molar-refractivity contribution in [2.24, 2.45) is 5.92 Å². The monoisotopic (exact) mass is 458 g/mol.